The third kappa shape index (κ3) is 13.5. The first-order valence-electron chi connectivity index (χ1n) is 27.6. The molecule has 0 saturated heterocycles. The molecule has 7 heterocycles. The summed E-state index contributed by atoms with van der Waals surface area (Å²) in [5, 5.41) is 42.4. The van der Waals surface area contributed by atoms with E-state index in [9.17, 15) is 23.6 Å². The summed E-state index contributed by atoms with van der Waals surface area (Å²) in [7, 11) is 1.31. The highest BCUT2D eigenvalue weighted by molar-refractivity contribution is 9.10. The first kappa shape index (κ1) is 58.1. The molecule has 84 heavy (non-hydrogen) atoms. The van der Waals surface area contributed by atoms with Gasteiger partial charge in [0.1, 0.15) is 24.7 Å². The normalized spacial score (nSPS) is 25.5. The Morgan fingerprint density at radius 3 is 1.27 bits per heavy atom. The number of hydrogen-bond acceptors (Lipinski definition) is 21. The van der Waals surface area contributed by atoms with Gasteiger partial charge in [0.05, 0.1) is 27.4 Å². The Bertz CT molecular complexity index is 3400. The highest BCUT2D eigenvalue weighted by Crippen LogP contribution is 2.60. The summed E-state index contributed by atoms with van der Waals surface area (Å²) in [6.45, 7) is -0.306. The number of amides is 1. The molecule has 7 aromatic rings. The molecule has 12 aliphatic rings. The third-order valence-corrected chi connectivity index (χ3v) is 17.6. The van der Waals surface area contributed by atoms with Gasteiger partial charge in [-0.25, -0.2) is 49.2 Å². The van der Waals surface area contributed by atoms with Crippen molar-refractivity contribution < 1.29 is 28.8 Å². The number of anilines is 4. The fourth-order valence-electron chi connectivity index (χ4n) is 11.8. The summed E-state index contributed by atoms with van der Waals surface area (Å²) in [4.78, 5) is 78.3. The molecule has 7 N–H and O–H groups in total. The van der Waals surface area contributed by atoms with E-state index in [4.69, 9.17) is 10.0 Å². The second-order valence-corrected chi connectivity index (χ2v) is 25.0. The Hall–Kier alpha value is -7.69. The first-order valence-corrected chi connectivity index (χ1v) is 29.2. The summed E-state index contributed by atoms with van der Waals surface area (Å²) >= 11 is 6.37. The van der Waals surface area contributed by atoms with Gasteiger partial charge in [0, 0.05) is 108 Å². The van der Waals surface area contributed by atoms with Crippen LogP contribution < -0.4 is 43.2 Å². The lowest BCUT2D eigenvalue weighted by Gasteiger charge is -2.62. The minimum absolute atomic E-state index is 0.0973. The number of ether oxygens (including phenoxy) is 1. The van der Waals surface area contributed by atoms with E-state index in [2.05, 4.69) is 113 Å². The number of aromatic nitrogens is 12. The van der Waals surface area contributed by atoms with Gasteiger partial charge in [0.2, 0.25) is 17.8 Å². The van der Waals surface area contributed by atoms with E-state index < -0.39 is 19.2 Å². The van der Waals surface area contributed by atoms with Gasteiger partial charge >= 0.3 is 19.2 Å². The first-order chi connectivity index (χ1) is 40.3. The van der Waals surface area contributed by atoms with Crippen LogP contribution in [-0.2, 0) is 27.4 Å². The van der Waals surface area contributed by atoms with E-state index in [0.717, 1.165) is 66.2 Å². The standard InChI is InChI=1S/C17H19N5O2.C17H18N4O3.C9H12BN3O2.C9H10BrN3.C4H2BrFN2/c1-18-15(23)10-22-16(24)5-3-13(21-22)12-2-4-14(19-9-12)20-17-6-11(7-17)8-17;1-24-16(23)10-21-15(22)5-3-13(20-21)12-2-4-14(18-9-12)19-17-6-11(7-17)8-17;14-10(15)7-4-11-8(12-5-7)13-9-1-6(2-9)3-9;10-7-4-11-8(12-5-7)13-9-1-6(2-9)3-9;5-3-1-7-4(6)8-2-3/h2-5,9,11H,6-8,10H2,1H3,(H,18,23)(H,19,20);2-5,9,11H,6-8,10H2,1H3,(H,18,19);4-6,14-15H,1-3H2,(H,11,12,13);4-6H,1-3H2,(H,11,12,13);1-2H. The lowest BCUT2D eigenvalue weighted by molar-refractivity contribution is -0.141. The van der Waals surface area contributed by atoms with Crippen molar-refractivity contribution in [1.82, 2.24) is 64.7 Å². The molecule has 0 aromatic carbocycles. The Labute approximate surface area is 498 Å². The maximum Gasteiger partial charge on any atom is 0.491 e. The van der Waals surface area contributed by atoms with E-state index in [1.807, 2.05) is 24.3 Å². The smallest absolute Gasteiger partial charge is 0.468 e. The molecule has 7 aromatic heterocycles. The molecule has 24 nitrogen and oxygen atoms in total. The van der Waals surface area contributed by atoms with Crippen LogP contribution in [0.15, 0.2) is 117 Å². The molecule has 19 rings (SSSR count). The Morgan fingerprint density at radius 2 is 0.940 bits per heavy atom. The quantitative estimate of drug-likeness (QED) is 0.0396. The van der Waals surface area contributed by atoms with Crippen molar-refractivity contribution in [2.24, 2.45) is 23.7 Å². The van der Waals surface area contributed by atoms with E-state index in [0.29, 0.717) is 32.8 Å². The highest BCUT2D eigenvalue weighted by atomic mass is 79.9. The maximum absolute atomic E-state index is 11.8. The van der Waals surface area contributed by atoms with Crippen molar-refractivity contribution in [3.63, 3.8) is 0 Å². The zero-order valence-corrected chi connectivity index (χ0v) is 49.1. The van der Waals surface area contributed by atoms with Crippen LogP contribution in [0.25, 0.3) is 22.5 Å². The number of halogens is 3. The molecule has 12 aliphatic carbocycles. The average molecular weight is 1270 g/mol. The van der Waals surface area contributed by atoms with E-state index in [1.165, 1.54) is 128 Å². The average Bonchev–Trinajstić information content (AvgIpc) is 1.27. The van der Waals surface area contributed by atoms with Crippen molar-refractivity contribution in [2.75, 3.05) is 35.4 Å². The Kier molecular flexibility index (Phi) is 16.7. The number of nitrogens with zero attached hydrogens (tertiary/aromatic N) is 12. The lowest BCUT2D eigenvalue weighted by Crippen LogP contribution is -2.63. The number of esters is 1. The van der Waals surface area contributed by atoms with Crippen molar-refractivity contribution in [1.29, 1.82) is 0 Å². The largest absolute Gasteiger partial charge is 0.491 e. The van der Waals surface area contributed by atoms with E-state index in [-0.39, 0.29) is 46.7 Å². The molecule has 12 fully saturated rings. The molecule has 0 spiro atoms. The van der Waals surface area contributed by atoms with Gasteiger partial charge in [-0.1, -0.05) is 0 Å². The second-order valence-electron chi connectivity index (χ2n) is 23.2. The molecule has 0 unspecified atom stereocenters. The van der Waals surface area contributed by atoms with Crippen LogP contribution in [0.1, 0.15) is 77.0 Å². The van der Waals surface area contributed by atoms with Crippen LogP contribution in [0.5, 0.6) is 0 Å². The van der Waals surface area contributed by atoms with Crippen LogP contribution in [0.2, 0.25) is 0 Å². The summed E-state index contributed by atoms with van der Waals surface area (Å²) in [6.07, 6.45) is 27.0. The van der Waals surface area contributed by atoms with Gasteiger partial charge in [-0.3, -0.25) is 19.2 Å². The van der Waals surface area contributed by atoms with Crippen LogP contribution in [-0.4, -0.2) is 125 Å². The van der Waals surface area contributed by atoms with E-state index >= 15 is 0 Å². The molecule has 0 radical (unpaired) electrons. The number of likely N-dealkylation sites (N-methyl/N-ethyl adjacent to an activating group) is 1. The number of hydrogen-bond donors (Lipinski definition) is 7. The molecule has 12 saturated carbocycles. The monoisotopic (exact) mass is 1270 g/mol. The Balaban J connectivity index is 0.000000115. The zero-order chi connectivity index (χ0) is 58.8. The SMILES string of the molecule is Brc1cnc(NC23CC(C2)C3)nc1.CNC(=O)Cn1nc(-c2ccc(NC34CC(C3)C4)nc2)ccc1=O.COC(=O)Cn1nc(-c2ccc(NC34CC(C3)C4)nc2)ccc1=O.Fc1ncc(Br)cn1.OB(O)c1cnc(NC23CC(C2)C3)nc1. The van der Waals surface area contributed by atoms with Gasteiger partial charge < -0.3 is 41.4 Å². The predicted molar refractivity (Wildman–Crippen MR) is 316 cm³/mol. The minimum Gasteiger partial charge on any atom is -0.468 e. The number of carbonyl (C=O) groups excluding carboxylic acids is 2. The number of rotatable bonds is 15. The molecule has 0 atom stereocenters. The van der Waals surface area contributed by atoms with Crippen molar-refractivity contribution >= 4 is 79.8 Å². The summed E-state index contributed by atoms with van der Waals surface area (Å²) < 4.78 is 20.3. The zero-order valence-electron chi connectivity index (χ0n) is 46.0. The van der Waals surface area contributed by atoms with Crippen molar-refractivity contribution in [3.8, 4) is 22.5 Å². The topological polar surface area (TPSA) is 317 Å². The van der Waals surface area contributed by atoms with Crippen LogP contribution in [0.4, 0.5) is 27.9 Å². The second kappa shape index (κ2) is 24.1. The third-order valence-electron chi connectivity index (χ3n) is 16.8. The highest BCUT2D eigenvalue weighted by Gasteiger charge is 2.59. The van der Waals surface area contributed by atoms with E-state index in [1.54, 1.807) is 36.9 Å². The molecular weight excluding hydrogens is 1210 g/mol. The summed E-state index contributed by atoms with van der Waals surface area (Å²) in [5.74, 6) is 6.03. The fourth-order valence-corrected chi connectivity index (χ4v) is 12.2. The summed E-state index contributed by atoms with van der Waals surface area (Å²) in [5.41, 5.74) is 3.66. The number of methoxy groups -OCH3 is 1. The predicted octanol–water partition coefficient (Wildman–Crippen LogP) is 5.16. The van der Waals surface area contributed by atoms with Gasteiger partial charge in [0.15, 0.2) is 0 Å². The minimum atomic E-state index is -1.49. The molecule has 8 bridgehead atoms. The molecule has 1 amide bonds. The van der Waals surface area contributed by atoms with Gasteiger partial charge in [-0.15, -0.1) is 0 Å². The maximum atomic E-state index is 11.8. The molecule has 28 heteroatoms. The molecular formula is C56H61BBr2FN17O7. The van der Waals surface area contributed by atoms with Gasteiger partial charge in [-0.05, 0) is 169 Å². The molecule has 436 valence electrons. The number of carbonyl (C=O) groups is 2. The van der Waals surface area contributed by atoms with Crippen LogP contribution in [0.3, 0.4) is 0 Å². The van der Waals surface area contributed by atoms with Gasteiger partial charge in [-0.2, -0.15) is 14.6 Å². The number of pyridine rings is 2. The number of nitrogens with one attached hydrogen (secondary N) is 5. The van der Waals surface area contributed by atoms with Crippen LogP contribution in [0, 0.1) is 29.7 Å². The summed E-state index contributed by atoms with van der Waals surface area (Å²) in [6, 6.07) is 13.8. The fraction of sp³-hybridized carbons (Fsp3) is 0.429. The van der Waals surface area contributed by atoms with Crippen molar-refractivity contribution in [3.05, 3.63) is 134 Å². The van der Waals surface area contributed by atoms with Crippen molar-refractivity contribution in [2.45, 2.75) is 112 Å². The van der Waals surface area contributed by atoms with Crippen LogP contribution >= 0.6 is 31.9 Å². The molecule has 0 aliphatic heterocycles. The Morgan fingerprint density at radius 1 is 0.560 bits per heavy atom. The lowest BCUT2D eigenvalue weighted by atomic mass is 9.50. The van der Waals surface area contributed by atoms with Gasteiger partial charge in [0.25, 0.3) is 11.1 Å².